The lowest BCUT2D eigenvalue weighted by atomic mass is 10.4. The first-order valence-corrected chi connectivity index (χ1v) is 4.84. The number of hydrogen-bond donors (Lipinski definition) is 0. The highest BCUT2D eigenvalue weighted by molar-refractivity contribution is 14.2. The third-order valence-electron chi connectivity index (χ3n) is 0.878. The van der Waals surface area contributed by atoms with Crippen molar-refractivity contribution < 1.29 is 13.2 Å². The van der Waals surface area contributed by atoms with Gasteiger partial charge in [-0.3, -0.25) is 0 Å². The zero-order valence-corrected chi connectivity index (χ0v) is 6.98. The van der Waals surface area contributed by atoms with E-state index in [0.29, 0.717) is 0 Å². The fraction of sp³-hybridized carbons (Fsp3) is 0.167. The molecular formula is C6H4F3I. The Morgan fingerprint density at radius 2 is 1.90 bits per heavy atom. The van der Waals surface area contributed by atoms with Crippen LogP contribution in [-0.4, -0.2) is 9.69 Å². The van der Waals surface area contributed by atoms with Crippen LogP contribution in [-0.2, 0) is 0 Å². The van der Waals surface area contributed by atoms with Gasteiger partial charge < -0.3 is 0 Å². The van der Waals surface area contributed by atoms with E-state index in [0.717, 1.165) is 6.08 Å². The van der Waals surface area contributed by atoms with Crippen molar-refractivity contribution in [3.05, 3.63) is 22.3 Å². The lowest BCUT2D eigenvalue weighted by Crippen LogP contribution is -2.18. The molecule has 0 atom stereocenters. The van der Waals surface area contributed by atoms with Gasteiger partial charge in [-0.15, -0.1) is 0 Å². The third-order valence-corrected chi connectivity index (χ3v) is 3.29. The molecule has 0 aromatic heterocycles. The molecule has 0 unspecified atom stereocenters. The van der Waals surface area contributed by atoms with Crippen molar-refractivity contribution in [1.29, 1.82) is 0 Å². The molecule has 56 valence electrons. The maximum Gasteiger partial charge on any atom is 0.421 e. The van der Waals surface area contributed by atoms with Crippen LogP contribution in [0.1, 0.15) is 0 Å². The Kier molecular flexibility index (Phi) is 2.28. The molecular weight excluding hydrogens is 256 g/mol. The summed E-state index contributed by atoms with van der Waals surface area (Å²) in [6, 6.07) is 0. The first-order valence-electron chi connectivity index (χ1n) is 2.51. The van der Waals surface area contributed by atoms with Crippen LogP contribution < -0.4 is 0 Å². The molecule has 0 saturated carbocycles. The molecule has 0 N–H and O–H groups in total. The molecule has 0 bridgehead atoms. The minimum Gasteiger partial charge on any atom is -0.166 e. The van der Waals surface area contributed by atoms with E-state index in [1.807, 2.05) is 0 Å². The van der Waals surface area contributed by atoms with Crippen LogP contribution in [0.3, 0.4) is 0 Å². The molecule has 1 rings (SSSR count). The van der Waals surface area contributed by atoms with E-state index in [2.05, 4.69) is 0 Å². The van der Waals surface area contributed by atoms with E-state index in [9.17, 15) is 13.2 Å². The van der Waals surface area contributed by atoms with Gasteiger partial charge in [0.1, 0.15) is 0 Å². The average Bonchev–Trinajstić information content (AvgIpc) is 1.88. The number of hydrogen-bond acceptors (Lipinski definition) is 0. The van der Waals surface area contributed by atoms with Crippen molar-refractivity contribution in [3.63, 3.8) is 0 Å². The van der Waals surface area contributed by atoms with Crippen LogP contribution in [0.5, 0.6) is 0 Å². The Hall–Kier alpha value is -0.130. The summed E-state index contributed by atoms with van der Waals surface area (Å²) < 4.78 is 36.8. The number of allylic oxidation sites excluding steroid dienone is 3. The Morgan fingerprint density at radius 3 is 2.20 bits per heavy atom. The van der Waals surface area contributed by atoms with Crippen molar-refractivity contribution in [3.8, 4) is 0 Å². The largest absolute Gasteiger partial charge is 0.421 e. The zero-order chi connectivity index (χ0) is 7.61. The van der Waals surface area contributed by atoms with Crippen LogP contribution in [0, 0.1) is 0 Å². The molecule has 0 aliphatic carbocycles. The minimum atomic E-state index is -4.10. The quantitative estimate of drug-likeness (QED) is 0.587. The van der Waals surface area contributed by atoms with Crippen molar-refractivity contribution in [1.82, 2.24) is 0 Å². The van der Waals surface area contributed by atoms with Crippen molar-refractivity contribution in [2.75, 3.05) is 0 Å². The fourth-order valence-corrected chi connectivity index (χ4v) is 2.08. The highest BCUT2D eigenvalue weighted by Gasteiger charge is 2.32. The third kappa shape index (κ3) is 1.93. The molecule has 1 aliphatic rings. The molecule has 1 aliphatic heterocycles. The molecule has 4 heteroatoms. The summed E-state index contributed by atoms with van der Waals surface area (Å²) in [6.07, 6.45) is 0.121. The number of halogens is 4. The first-order chi connectivity index (χ1) is 4.61. The maximum absolute atomic E-state index is 11.8. The van der Waals surface area contributed by atoms with Gasteiger partial charge >= 0.3 is 6.18 Å². The molecule has 0 radical (unpaired) electrons. The molecule has 0 saturated heterocycles. The smallest absolute Gasteiger partial charge is 0.166 e. The number of alkyl halides is 3. The van der Waals surface area contributed by atoms with Gasteiger partial charge in [-0.25, -0.2) is 0 Å². The van der Waals surface area contributed by atoms with E-state index in [1.165, 1.54) is 6.08 Å². The normalized spacial score (nSPS) is 18.1. The summed E-state index contributed by atoms with van der Waals surface area (Å²) in [5, 5.41) is 0. The Labute approximate surface area is 66.2 Å². The van der Waals surface area contributed by atoms with Crippen LogP contribution in [0.4, 0.5) is 13.2 Å². The van der Waals surface area contributed by atoms with Gasteiger partial charge in [-0.1, -0.05) is 32.9 Å². The summed E-state index contributed by atoms with van der Waals surface area (Å²) >= 11 is -0.917. The standard InChI is InChI=1S/C6H4F3I/c7-6(8,9)5-3-1-2-4-10-5/h1-4H. The van der Waals surface area contributed by atoms with Gasteiger partial charge in [0.25, 0.3) is 0 Å². The Bertz CT molecular complexity index is 210. The average molecular weight is 260 g/mol. The Morgan fingerprint density at radius 1 is 1.20 bits per heavy atom. The minimum absolute atomic E-state index is 0.367. The molecule has 0 spiro atoms. The van der Waals surface area contributed by atoms with E-state index >= 15 is 0 Å². The maximum atomic E-state index is 11.8. The van der Waals surface area contributed by atoms with Crippen LogP contribution in [0.25, 0.3) is 0 Å². The van der Waals surface area contributed by atoms with Gasteiger partial charge in [-0.2, -0.15) is 13.2 Å². The molecule has 1 heterocycles. The summed E-state index contributed by atoms with van der Waals surface area (Å²) in [5.74, 6) is 0. The van der Waals surface area contributed by atoms with E-state index in [-0.39, 0.29) is 3.51 Å². The van der Waals surface area contributed by atoms with Crippen molar-refractivity contribution in [2.24, 2.45) is 0 Å². The topological polar surface area (TPSA) is 0 Å². The van der Waals surface area contributed by atoms with E-state index < -0.39 is 26.9 Å². The predicted octanol–water partition coefficient (Wildman–Crippen LogP) is 2.78. The monoisotopic (exact) mass is 260 g/mol. The van der Waals surface area contributed by atoms with Gasteiger partial charge in [-0.05, 0) is 10.2 Å². The fourth-order valence-electron chi connectivity index (χ4n) is 0.479. The first kappa shape index (κ1) is 7.97. The lowest BCUT2D eigenvalue weighted by Gasteiger charge is -2.06. The van der Waals surface area contributed by atoms with Crippen molar-refractivity contribution >= 4 is 24.2 Å². The van der Waals surface area contributed by atoms with Crippen molar-refractivity contribution in [2.45, 2.75) is 6.18 Å². The summed E-state index contributed by atoms with van der Waals surface area (Å²) in [7, 11) is 0. The zero-order valence-electron chi connectivity index (χ0n) is 4.82. The van der Waals surface area contributed by atoms with Gasteiger partial charge in [0.2, 0.25) is 0 Å². The van der Waals surface area contributed by atoms with Crippen LogP contribution in [0.2, 0.25) is 0 Å². The van der Waals surface area contributed by atoms with Gasteiger partial charge in [0, 0.05) is 0 Å². The molecule has 0 amide bonds. The lowest BCUT2D eigenvalue weighted by molar-refractivity contribution is -0.0548. The molecule has 0 nitrogen and oxygen atoms in total. The highest BCUT2D eigenvalue weighted by Crippen LogP contribution is 2.25. The van der Waals surface area contributed by atoms with Gasteiger partial charge in [0.05, 0.1) is 3.51 Å². The summed E-state index contributed by atoms with van der Waals surface area (Å²) in [4.78, 5) is 0. The SMILES string of the molecule is FC(F)(F)C1=IC=CC=C1. The van der Waals surface area contributed by atoms with Crippen LogP contribution >= 0.6 is 20.7 Å². The van der Waals surface area contributed by atoms with Crippen LogP contribution in [0.15, 0.2) is 22.3 Å². The second-order valence-electron chi connectivity index (χ2n) is 1.63. The second kappa shape index (κ2) is 2.86. The summed E-state index contributed by atoms with van der Waals surface area (Å²) in [6.45, 7) is 0. The second-order valence-corrected chi connectivity index (χ2v) is 4.14. The number of rotatable bonds is 0. The summed E-state index contributed by atoms with van der Waals surface area (Å²) in [5.41, 5.74) is 0. The predicted molar refractivity (Wildman–Crippen MR) is 43.4 cm³/mol. The molecule has 0 fully saturated rings. The van der Waals surface area contributed by atoms with Gasteiger partial charge in [0.15, 0.2) is 0 Å². The molecule has 0 aromatic rings. The van der Waals surface area contributed by atoms with E-state index in [1.54, 1.807) is 10.2 Å². The molecule has 0 aromatic carbocycles. The Balaban J connectivity index is 2.85. The molecule has 10 heavy (non-hydrogen) atoms. The van der Waals surface area contributed by atoms with E-state index in [4.69, 9.17) is 0 Å². The highest BCUT2D eigenvalue weighted by atomic mass is 127.